The first-order chi connectivity index (χ1) is 8.87. The van der Waals surface area contributed by atoms with Crippen molar-refractivity contribution in [2.24, 2.45) is 11.3 Å². The summed E-state index contributed by atoms with van der Waals surface area (Å²) < 4.78 is 0. The molecule has 0 amide bonds. The Morgan fingerprint density at radius 2 is 1.89 bits per heavy atom. The predicted molar refractivity (Wildman–Crippen MR) is 78.5 cm³/mol. The van der Waals surface area contributed by atoms with Crippen LogP contribution in [-0.4, -0.2) is 29.9 Å². The van der Waals surface area contributed by atoms with Gasteiger partial charge in [0.1, 0.15) is 5.75 Å². The molecule has 3 nitrogen and oxygen atoms in total. The van der Waals surface area contributed by atoms with E-state index in [2.05, 4.69) is 18.7 Å². The van der Waals surface area contributed by atoms with Gasteiger partial charge in [0.15, 0.2) is 0 Å². The van der Waals surface area contributed by atoms with Crippen molar-refractivity contribution in [1.29, 1.82) is 0 Å². The number of phenolic OH excluding ortho intramolecular Hbond substituents is 1. The standard InChI is InChI=1S/C16H25NO2/c1-16(2)9-8-15(19)12(10-16)11-17(3)13-4-6-14(18)7-5-13/h4-7,12,15,18-19H,8-11H2,1-3H3. The highest BCUT2D eigenvalue weighted by Crippen LogP contribution is 2.39. The summed E-state index contributed by atoms with van der Waals surface area (Å²) in [4.78, 5) is 2.16. The van der Waals surface area contributed by atoms with Crippen molar-refractivity contribution in [3.8, 4) is 5.75 Å². The first-order valence-corrected chi connectivity index (χ1v) is 7.06. The molecule has 0 bridgehead atoms. The molecule has 0 spiro atoms. The summed E-state index contributed by atoms with van der Waals surface area (Å²) in [6, 6.07) is 7.23. The van der Waals surface area contributed by atoms with Gasteiger partial charge in [-0.1, -0.05) is 13.8 Å². The van der Waals surface area contributed by atoms with E-state index < -0.39 is 0 Å². The molecule has 3 heteroatoms. The minimum atomic E-state index is -0.187. The van der Waals surface area contributed by atoms with Crippen LogP contribution in [0.25, 0.3) is 0 Å². The quantitative estimate of drug-likeness (QED) is 0.881. The summed E-state index contributed by atoms with van der Waals surface area (Å²) in [5.74, 6) is 0.610. The predicted octanol–water partition coefficient (Wildman–Crippen LogP) is 3.02. The summed E-state index contributed by atoms with van der Waals surface area (Å²) >= 11 is 0. The Labute approximate surface area is 115 Å². The van der Waals surface area contributed by atoms with Gasteiger partial charge in [-0.3, -0.25) is 0 Å². The number of hydrogen-bond donors (Lipinski definition) is 2. The number of benzene rings is 1. The molecule has 2 unspecified atom stereocenters. The van der Waals surface area contributed by atoms with Crippen molar-refractivity contribution in [1.82, 2.24) is 0 Å². The average Bonchev–Trinajstić information content (AvgIpc) is 2.34. The number of phenols is 1. The van der Waals surface area contributed by atoms with Crippen LogP contribution in [0.3, 0.4) is 0 Å². The molecule has 0 aliphatic heterocycles. The van der Waals surface area contributed by atoms with E-state index >= 15 is 0 Å². The van der Waals surface area contributed by atoms with E-state index in [9.17, 15) is 10.2 Å². The number of rotatable bonds is 3. The zero-order chi connectivity index (χ0) is 14.0. The van der Waals surface area contributed by atoms with Crippen molar-refractivity contribution < 1.29 is 10.2 Å². The molecule has 1 aromatic rings. The van der Waals surface area contributed by atoms with Gasteiger partial charge in [0.25, 0.3) is 0 Å². The maximum absolute atomic E-state index is 10.2. The lowest BCUT2D eigenvalue weighted by molar-refractivity contribution is 0.0254. The van der Waals surface area contributed by atoms with E-state index in [1.54, 1.807) is 12.1 Å². The molecule has 2 rings (SSSR count). The topological polar surface area (TPSA) is 43.7 Å². The lowest BCUT2D eigenvalue weighted by atomic mass is 9.71. The Balaban J connectivity index is 2.01. The second-order valence-electron chi connectivity index (χ2n) is 6.63. The van der Waals surface area contributed by atoms with Gasteiger partial charge in [0.05, 0.1) is 6.10 Å². The Morgan fingerprint density at radius 3 is 2.53 bits per heavy atom. The fraction of sp³-hybridized carbons (Fsp3) is 0.625. The van der Waals surface area contributed by atoms with Crippen molar-refractivity contribution in [2.75, 3.05) is 18.5 Å². The molecule has 106 valence electrons. The van der Waals surface area contributed by atoms with Gasteiger partial charge in [0, 0.05) is 25.2 Å². The van der Waals surface area contributed by atoms with E-state index in [0.29, 0.717) is 11.3 Å². The fourth-order valence-electron chi connectivity index (χ4n) is 3.07. The van der Waals surface area contributed by atoms with Gasteiger partial charge in [0.2, 0.25) is 0 Å². The van der Waals surface area contributed by atoms with Gasteiger partial charge in [-0.05, 0) is 48.9 Å². The van der Waals surface area contributed by atoms with Crippen molar-refractivity contribution in [2.45, 2.75) is 39.2 Å². The molecule has 1 aliphatic rings. The van der Waals surface area contributed by atoms with Crippen molar-refractivity contribution in [3.05, 3.63) is 24.3 Å². The maximum Gasteiger partial charge on any atom is 0.115 e. The molecule has 1 fully saturated rings. The monoisotopic (exact) mass is 263 g/mol. The van der Waals surface area contributed by atoms with E-state index in [0.717, 1.165) is 31.5 Å². The maximum atomic E-state index is 10.2. The third-order valence-corrected chi connectivity index (χ3v) is 4.27. The normalized spacial score (nSPS) is 26.1. The van der Waals surface area contributed by atoms with Crippen LogP contribution in [-0.2, 0) is 0 Å². The second kappa shape index (κ2) is 5.41. The number of nitrogens with zero attached hydrogens (tertiary/aromatic N) is 1. The fourth-order valence-corrected chi connectivity index (χ4v) is 3.07. The molecule has 2 N–H and O–H groups in total. The van der Waals surface area contributed by atoms with Gasteiger partial charge < -0.3 is 15.1 Å². The zero-order valence-electron chi connectivity index (χ0n) is 12.1. The SMILES string of the molecule is CN(CC1CC(C)(C)CCC1O)c1ccc(O)cc1. The second-order valence-corrected chi connectivity index (χ2v) is 6.63. The Hall–Kier alpha value is -1.22. The number of aromatic hydroxyl groups is 1. The van der Waals surface area contributed by atoms with E-state index in [-0.39, 0.29) is 11.9 Å². The Morgan fingerprint density at radius 1 is 1.26 bits per heavy atom. The van der Waals surface area contributed by atoms with E-state index in [1.165, 1.54) is 0 Å². The van der Waals surface area contributed by atoms with Crippen LogP contribution in [0.5, 0.6) is 5.75 Å². The van der Waals surface area contributed by atoms with Crippen LogP contribution < -0.4 is 4.90 Å². The van der Waals surface area contributed by atoms with Crippen LogP contribution >= 0.6 is 0 Å². The summed E-state index contributed by atoms with van der Waals surface area (Å²) in [5.41, 5.74) is 1.41. The van der Waals surface area contributed by atoms with Crippen LogP contribution in [0.1, 0.15) is 33.1 Å². The molecule has 1 saturated carbocycles. The lowest BCUT2D eigenvalue weighted by Gasteiger charge is -2.40. The largest absolute Gasteiger partial charge is 0.508 e. The number of hydrogen-bond acceptors (Lipinski definition) is 3. The van der Waals surface area contributed by atoms with E-state index in [1.807, 2.05) is 19.2 Å². The summed E-state index contributed by atoms with van der Waals surface area (Å²) in [6.07, 6.45) is 2.89. The van der Waals surface area contributed by atoms with Gasteiger partial charge >= 0.3 is 0 Å². The van der Waals surface area contributed by atoms with Gasteiger partial charge in [-0.25, -0.2) is 0 Å². The number of aliphatic hydroxyl groups excluding tert-OH is 1. The molecule has 0 heterocycles. The van der Waals surface area contributed by atoms with Crippen LogP contribution in [0.4, 0.5) is 5.69 Å². The first kappa shape index (κ1) is 14.2. The third kappa shape index (κ3) is 3.63. The highest BCUT2D eigenvalue weighted by Gasteiger charge is 2.34. The average molecular weight is 263 g/mol. The molecule has 0 radical (unpaired) electrons. The molecule has 19 heavy (non-hydrogen) atoms. The molecule has 1 aliphatic carbocycles. The highest BCUT2D eigenvalue weighted by atomic mass is 16.3. The van der Waals surface area contributed by atoms with Gasteiger partial charge in [-0.15, -0.1) is 0 Å². The molecular formula is C16H25NO2. The number of aliphatic hydroxyl groups is 1. The minimum Gasteiger partial charge on any atom is -0.508 e. The molecule has 0 aromatic heterocycles. The van der Waals surface area contributed by atoms with Crippen LogP contribution in [0.2, 0.25) is 0 Å². The zero-order valence-corrected chi connectivity index (χ0v) is 12.1. The Kier molecular flexibility index (Phi) is 4.04. The van der Waals surface area contributed by atoms with E-state index in [4.69, 9.17) is 0 Å². The first-order valence-electron chi connectivity index (χ1n) is 7.06. The molecule has 1 aromatic carbocycles. The third-order valence-electron chi connectivity index (χ3n) is 4.27. The minimum absolute atomic E-state index is 0.187. The van der Waals surface area contributed by atoms with Crippen LogP contribution in [0.15, 0.2) is 24.3 Å². The highest BCUT2D eigenvalue weighted by molar-refractivity contribution is 5.48. The van der Waals surface area contributed by atoms with Crippen molar-refractivity contribution >= 4 is 5.69 Å². The molecule has 2 atom stereocenters. The van der Waals surface area contributed by atoms with Crippen molar-refractivity contribution in [3.63, 3.8) is 0 Å². The Bertz CT molecular complexity index is 413. The molecule has 0 saturated heterocycles. The smallest absolute Gasteiger partial charge is 0.115 e. The number of anilines is 1. The summed E-state index contributed by atoms with van der Waals surface area (Å²) in [6.45, 7) is 5.42. The summed E-state index contributed by atoms with van der Waals surface area (Å²) in [5, 5.41) is 19.5. The lowest BCUT2D eigenvalue weighted by Crippen LogP contribution is -2.40. The summed E-state index contributed by atoms with van der Waals surface area (Å²) in [7, 11) is 2.04. The van der Waals surface area contributed by atoms with Crippen LogP contribution in [0, 0.1) is 11.3 Å². The molecular weight excluding hydrogens is 238 g/mol. The van der Waals surface area contributed by atoms with Gasteiger partial charge in [-0.2, -0.15) is 0 Å².